The molecule has 0 bridgehead atoms. The number of carbonyl (C=O) groups is 2. The fourth-order valence-corrected chi connectivity index (χ4v) is 3.40. The molecule has 0 spiro atoms. The number of nitrogens with zero attached hydrogens (tertiary/aromatic N) is 2. The number of para-hydroxylation sites is 2. The number of ether oxygens (including phenoxy) is 1. The summed E-state index contributed by atoms with van der Waals surface area (Å²) in [6.07, 6.45) is 0.253. The first-order valence-electron chi connectivity index (χ1n) is 9.57. The molecule has 1 heterocycles. The van der Waals surface area contributed by atoms with Crippen LogP contribution in [0.3, 0.4) is 0 Å². The molecule has 148 valence electrons. The van der Waals surface area contributed by atoms with Crippen LogP contribution < -0.4 is 15.0 Å². The van der Waals surface area contributed by atoms with Gasteiger partial charge < -0.3 is 19.9 Å². The van der Waals surface area contributed by atoms with Crippen LogP contribution in [0.25, 0.3) is 0 Å². The molecule has 3 rings (SSSR count). The number of benzene rings is 2. The number of likely N-dealkylation sites (N-methyl/N-ethyl adjacent to an activating group) is 2. The van der Waals surface area contributed by atoms with E-state index in [9.17, 15) is 9.59 Å². The molecule has 0 fully saturated rings. The number of amides is 2. The zero-order valence-electron chi connectivity index (χ0n) is 16.6. The van der Waals surface area contributed by atoms with Gasteiger partial charge in [0.25, 0.3) is 0 Å². The van der Waals surface area contributed by atoms with Crippen LogP contribution in [0.4, 0.5) is 11.4 Å². The number of hydrogen-bond acceptors (Lipinski definition) is 4. The van der Waals surface area contributed by atoms with Gasteiger partial charge in [0, 0.05) is 26.2 Å². The van der Waals surface area contributed by atoms with Gasteiger partial charge in [0.15, 0.2) is 0 Å². The predicted octanol–water partition coefficient (Wildman–Crippen LogP) is 2.93. The molecule has 28 heavy (non-hydrogen) atoms. The van der Waals surface area contributed by atoms with Crippen molar-refractivity contribution >= 4 is 23.2 Å². The van der Waals surface area contributed by atoms with Crippen molar-refractivity contribution in [3.63, 3.8) is 0 Å². The smallest absolute Gasteiger partial charge is 0.226 e. The Balaban J connectivity index is 1.58. The Labute approximate surface area is 166 Å². The highest BCUT2D eigenvalue weighted by atomic mass is 16.5. The van der Waals surface area contributed by atoms with Crippen LogP contribution in [0.15, 0.2) is 48.5 Å². The van der Waals surface area contributed by atoms with Gasteiger partial charge in [-0.2, -0.15) is 0 Å². The fourth-order valence-electron chi connectivity index (χ4n) is 3.40. The van der Waals surface area contributed by atoms with E-state index in [0.29, 0.717) is 13.0 Å². The van der Waals surface area contributed by atoms with Crippen molar-refractivity contribution in [3.05, 3.63) is 54.1 Å². The molecule has 0 aliphatic carbocycles. The van der Waals surface area contributed by atoms with Gasteiger partial charge in [-0.25, -0.2) is 0 Å². The second kappa shape index (κ2) is 8.78. The summed E-state index contributed by atoms with van der Waals surface area (Å²) in [7, 11) is 1.81. The zero-order chi connectivity index (χ0) is 20.1. The van der Waals surface area contributed by atoms with Crippen LogP contribution >= 0.6 is 0 Å². The standard InChI is InChI=1S/C22H27N3O3/c1-4-25-15-19(28-21-8-6-5-7-20(21)25)14-24(3)22(27)13-17-9-11-18(12-10-17)23-16(2)26/h5-12,19H,4,13-15H2,1-3H3,(H,23,26)/t19-/m1/s1. The monoisotopic (exact) mass is 381 g/mol. The summed E-state index contributed by atoms with van der Waals surface area (Å²) < 4.78 is 6.11. The number of hydrogen-bond donors (Lipinski definition) is 1. The number of carbonyl (C=O) groups excluding carboxylic acids is 2. The summed E-state index contributed by atoms with van der Waals surface area (Å²) >= 11 is 0. The van der Waals surface area contributed by atoms with Crippen LogP contribution in [0.5, 0.6) is 5.75 Å². The third-order valence-corrected chi connectivity index (χ3v) is 4.84. The van der Waals surface area contributed by atoms with Crippen LogP contribution in [-0.4, -0.2) is 49.5 Å². The summed E-state index contributed by atoms with van der Waals surface area (Å²) in [5.74, 6) is 0.798. The zero-order valence-corrected chi connectivity index (χ0v) is 16.6. The number of nitrogens with one attached hydrogen (secondary N) is 1. The highest BCUT2D eigenvalue weighted by Crippen LogP contribution is 2.32. The Morgan fingerprint density at radius 3 is 2.57 bits per heavy atom. The molecule has 2 aromatic carbocycles. The molecule has 0 aromatic heterocycles. The van der Waals surface area contributed by atoms with Crippen LogP contribution in [-0.2, 0) is 16.0 Å². The molecular formula is C22H27N3O3. The molecule has 0 radical (unpaired) electrons. The maximum absolute atomic E-state index is 12.6. The summed E-state index contributed by atoms with van der Waals surface area (Å²) in [5.41, 5.74) is 2.75. The van der Waals surface area contributed by atoms with Crippen molar-refractivity contribution in [1.29, 1.82) is 0 Å². The minimum atomic E-state index is -0.112. The van der Waals surface area contributed by atoms with Gasteiger partial charge in [-0.3, -0.25) is 9.59 Å². The Hall–Kier alpha value is -3.02. The van der Waals surface area contributed by atoms with Crippen LogP contribution in [0.2, 0.25) is 0 Å². The third kappa shape index (κ3) is 4.82. The average molecular weight is 381 g/mol. The fraction of sp³-hybridized carbons (Fsp3) is 0.364. The maximum Gasteiger partial charge on any atom is 0.226 e. The summed E-state index contributed by atoms with van der Waals surface area (Å²) in [4.78, 5) is 27.7. The number of fused-ring (bicyclic) bond motifs is 1. The second-order valence-corrected chi connectivity index (χ2v) is 7.08. The first-order valence-corrected chi connectivity index (χ1v) is 9.57. The van der Waals surface area contributed by atoms with E-state index in [2.05, 4.69) is 23.2 Å². The van der Waals surface area contributed by atoms with Gasteiger partial charge in [0.2, 0.25) is 11.8 Å². The summed E-state index contributed by atoms with van der Waals surface area (Å²) in [6.45, 7) is 5.79. The van der Waals surface area contributed by atoms with Crippen molar-refractivity contribution in [3.8, 4) is 5.75 Å². The molecule has 6 heteroatoms. The van der Waals surface area contributed by atoms with Crippen LogP contribution in [0, 0.1) is 0 Å². The lowest BCUT2D eigenvalue weighted by Gasteiger charge is -2.37. The highest BCUT2D eigenvalue weighted by Gasteiger charge is 2.26. The lowest BCUT2D eigenvalue weighted by atomic mass is 10.1. The van der Waals surface area contributed by atoms with Gasteiger partial charge in [0.1, 0.15) is 11.9 Å². The van der Waals surface area contributed by atoms with Crippen molar-refractivity contribution < 1.29 is 14.3 Å². The van der Waals surface area contributed by atoms with E-state index in [4.69, 9.17) is 4.74 Å². The highest BCUT2D eigenvalue weighted by molar-refractivity contribution is 5.88. The van der Waals surface area contributed by atoms with E-state index < -0.39 is 0 Å². The Bertz CT molecular complexity index is 835. The Kier molecular flexibility index (Phi) is 6.19. The third-order valence-electron chi connectivity index (χ3n) is 4.84. The number of rotatable bonds is 6. The van der Waals surface area contributed by atoms with E-state index in [1.165, 1.54) is 6.92 Å². The molecule has 2 amide bonds. The average Bonchev–Trinajstić information content (AvgIpc) is 2.68. The molecule has 0 unspecified atom stereocenters. The van der Waals surface area contributed by atoms with Crippen molar-refractivity contribution in [1.82, 2.24) is 4.90 Å². The van der Waals surface area contributed by atoms with Gasteiger partial charge in [-0.1, -0.05) is 24.3 Å². The molecule has 1 aliphatic rings. The number of anilines is 2. The second-order valence-electron chi connectivity index (χ2n) is 7.08. The van der Waals surface area contributed by atoms with Gasteiger partial charge in [0.05, 0.1) is 25.2 Å². The van der Waals surface area contributed by atoms with Gasteiger partial charge in [-0.05, 0) is 36.8 Å². The van der Waals surface area contributed by atoms with Crippen molar-refractivity contribution in [2.45, 2.75) is 26.4 Å². The largest absolute Gasteiger partial charge is 0.485 e. The van der Waals surface area contributed by atoms with Gasteiger partial charge >= 0.3 is 0 Å². The molecular weight excluding hydrogens is 354 g/mol. The minimum absolute atomic E-state index is 0.0396. The first kappa shape index (κ1) is 19.7. The minimum Gasteiger partial charge on any atom is -0.485 e. The maximum atomic E-state index is 12.6. The van der Waals surface area contributed by atoms with Gasteiger partial charge in [-0.15, -0.1) is 0 Å². The molecule has 6 nitrogen and oxygen atoms in total. The quantitative estimate of drug-likeness (QED) is 0.836. The van der Waals surface area contributed by atoms with E-state index in [1.807, 2.05) is 49.5 Å². The molecule has 0 saturated carbocycles. The summed E-state index contributed by atoms with van der Waals surface area (Å²) in [6, 6.07) is 15.4. The molecule has 2 aromatic rings. The first-order chi connectivity index (χ1) is 13.5. The Morgan fingerprint density at radius 2 is 1.89 bits per heavy atom. The van der Waals surface area contributed by atoms with E-state index >= 15 is 0 Å². The van der Waals surface area contributed by atoms with E-state index in [1.54, 1.807) is 4.90 Å². The molecule has 1 aliphatic heterocycles. The molecule has 0 saturated heterocycles. The SMILES string of the molecule is CCN1C[C@@H](CN(C)C(=O)Cc2ccc(NC(C)=O)cc2)Oc2ccccc21. The van der Waals surface area contributed by atoms with Crippen molar-refractivity contribution in [2.24, 2.45) is 0 Å². The molecule has 1 N–H and O–H groups in total. The normalized spacial score (nSPS) is 15.4. The lowest BCUT2D eigenvalue weighted by molar-refractivity contribution is -0.130. The molecule has 1 atom stereocenters. The van der Waals surface area contributed by atoms with E-state index in [0.717, 1.165) is 35.8 Å². The van der Waals surface area contributed by atoms with Crippen molar-refractivity contribution in [2.75, 3.05) is 36.9 Å². The Morgan fingerprint density at radius 1 is 1.18 bits per heavy atom. The predicted molar refractivity (Wildman–Crippen MR) is 111 cm³/mol. The lowest BCUT2D eigenvalue weighted by Crippen LogP contribution is -2.47. The topological polar surface area (TPSA) is 61.9 Å². The summed E-state index contributed by atoms with van der Waals surface area (Å²) in [5, 5.41) is 2.72. The van der Waals surface area contributed by atoms with Crippen LogP contribution in [0.1, 0.15) is 19.4 Å². The van der Waals surface area contributed by atoms with E-state index in [-0.39, 0.29) is 17.9 Å².